The van der Waals surface area contributed by atoms with Crippen LogP contribution in [0.2, 0.25) is 0 Å². The summed E-state index contributed by atoms with van der Waals surface area (Å²) in [4.78, 5) is 18.5. The number of anilines is 1. The van der Waals surface area contributed by atoms with Crippen LogP contribution in [0.3, 0.4) is 0 Å². The minimum Gasteiger partial charge on any atom is -0.463 e. The Balaban J connectivity index is 2.47. The average Bonchev–Trinajstić information content (AvgIpc) is 2.87. The first-order chi connectivity index (χ1) is 9.06. The van der Waals surface area contributed by atoms with Crippen molar-refractivity contribution in [2.24, 2.45) is 0 Å². The molecule has 2 rings (SSSR count). The van der Waals surface area contributed by atoms with E-state index in [2.05, 4.69) is 25.1 Å². The standard InChI is InChI=1S/C10H9F2N5O2/c1-13-7-5(11)3-6(12)9(15-7)17-4-14-8(16-17)10(18)19-2/h3-4H,1-2H3,(H,13,15). The molecule has 19 heavy (non-hydrogen) atoms. The van der Waals surface area contributed by atoms with Crippen LogP contribution in [0.4, 0.5) is 14.6 Å². The van der Waals surface area contributed by atoms with Crippen molar-refractivity contribution >= 4 is 11.8 Å². The minimum atomic E-state index is -0.933. The molecule has 100 valence electrons. The molecule has 0 atom stereocenters. The molecular weight excluding hydrogens is 260 g/mol. The molecule has 0 aliphatic heterocycles. The first-order valence-corrected chi connectivity index (χ1v) is 5.11. The third-order valence-electron chi connectivity index (χ3n) is 2.22. The van der Waals surface area contributed by atoms with E-state index < -0.39 is 17.6 Å². The lowest BCUT2D eigenvalue weighted by molar-refractivity contribution is 0.0587. The first kappa shape index (κ1) is 12.9. The molecule has 0 aliphatic rings. The zero-order chi connectivity index (χ0) is 14.0. The minimum absolute atomic E-state index is 0.147. The maximum absolute atomic E-state index is 13.6. The molecule has 0 aromatic carbocycles. The highest BCUT2D eigenvalue weighted by Crippen LogP contribution is 2.17. The SMILES string of the molecule is CNc1nc(-n2cnc(C(=O)OC)n2)c(F)cc1F. The Morgan fingerprint density at radius 3 is 2.79 bits per heavy atom. The van der Waals surface area contributed by atoms with Crippen LogP contribution in [0.5, 0.6) is 0 Å². The Kier molecular flexibility index (Phi) is 3.36. The third kappa shape index (κ3) is 2.34. The van der Waals surface area contributed by atoms with Gasteiger partial charge in [-0.2, -0.15) is 4.68 Å². The number of aromatic nitrogens is 4. The fourth-order valence-electron chi connectivity index (χ4n) is 1.34. The molecule has 7 nitrogen and oxygen atoms in total. The van der Waals surface area contributed by atoms with Gasteiger partial charge in [0.15, 0.2) is 23.3 Å². The maximum atomic E-state index is 13.6. The largest absolute Gasteiger partial charge is 0.463 e. The van der Waals surface area contributed by atoms with Crippen molar-refractivity contribution in [3.63, 3.8) is 0 Å². The van der Waals surface area contributed by atoms with Gasteiger partial charge in [-0.1, -0.05) is 0 Å². The summed E-state index contributed by atoms with van der Waals surface area (Å²) >= 11 is 0. The second kappa shape index (κ2) is 4.96. The second-order valence-corrected chi connectivity index (χ2v) is 3.38. The third-order valence-corrected chi connectivity index (χ3v) is 2.22. The summed E-state index contributed by atoms with van der Waals surface area (Å²) in [6.07, 6.45) is 1.08. The van der Waals surface area contributed by atoms with Crippen LogP contribution in [0.15, 0.2) is 12.4 Å². The quantitative estimate of drug-likeness (QED) is 0.829. The van der Waals surface area contributed by atoms with E-state index in [0.29, 0.717) is 6.07 Å². The summed E-state index contributed by atoms with van der Waals surface area (Å²) in [5.41, 5.74) is 0. The number of esters is 1. The topological polar surface area (TPSA) is 81.9 Å². The number of methoxy groups -OCH3 is 1. The highest BCUT2D eigenvalue weighted by molar-refractivity contribution is 5.84. The van der Waals surface area contributed by atoms with E-state index in [1.165, 1.54) is 14.2 Å². The van der Waals surface area contributed by atoms with Gasteiger partial charge < -0.3 is 10.1 Å². The second-order valence-electron chi connectivity index (χ2n) is 3.38. The highest BCUT2D eigenvalue weighted by Gasteiger charge is 2.17. The van der Waals surface area contributed by atoms with Gasteiger partial charge in [-0.25, -0.2) is 23.5 Å². The van der Waals surface area contributed by atoms with Gasteiger partial charge in [0, 0.05) is 13.1 Å². The Bertz CT molecular complexity index is 628. The summed E-state index contributed by atoms with van der Waals surface area (Å²) in [7, 11) is 2.60. The number of halogens is 2. The number of rotatable bonds is 3. The van der Waals surface area contributed by atoms with E-state index in [0.717, 1.165) is 11.0 Å². The maximum Gasteiger partial charge on any atom is 0.377 e. The zero-order valence-corrected chi connectivity index (χ0v) is 10.0. The molecule has 0 saturated heterocycles. The number of hydrogen-bond donors (Lipinski definition) is 1. The van der Waals surface area contributed by atoms with E-state index in [1.807, 2.05) is 0 Å². The molecule has 0 amide bonds. The number of hydrogen-bond acceptors (Lipinski definition) is 6. The van der Waals surface area contributed by atoms with Crippen LogP contribution in [-0.4, -0.2) is 39.9 Å². The molecule has 9 heteroatoms. The Hall–Kier alpha value is -2.58. The van der Waals surface area contributed by atoms with Crippen LogP contribution < -0.4 is 5.32 Å². The lowest BCUT2D eigenvalue weighted by Gasteiger charge is -2.05. The van der Waals surface area contributed by atoms with E-state index >= 15 is 0 Å². The van der Waals surface area contributed by atoms with Gasteiger partial charge in [0.25, 0.3) is 5.82 Å². The zero-order valence-electron chi connectivity index (χ0n) is 10.0. The lowest BCUT2D eigenvalue weighted by atomic mass is 10.4. The Labute approximate surface area is 106 Å². The van der Waals surface area contributed by atoms with Crippen molar-refractivity contribution in [2.75, 3.05) is 19.5 Å². The van der Waals surface area contributed by atoms with Crippen LogP contribution in [-0.2, 0) is 4.74 Å². The number of carbonyl (C=O) groups is 1. The number of nitrogens with zero attached hydrogens (tertiary/aromatic N) is 4. The van der Waals surface area contributed by atoms with Gasteiger partial charge in [-0.15, -0.1) is 5.10 Å². The highest BCUT2D eigenvalue weighted by atomic mass is 19.1. The van der Waals surface area contributed by atoms with Crippen molar-refractivity contribution < 1.29 is 18.3 Å². The molecular formula is C10H9F2N5O2. The van der Waals surface area contributed by atoms with Crippen LogP contribution in [0.25, 0.3) is 5.82 Å². The van der Waals surface area contributed by atoms with Crippen LogP contribution in [0.1, 0.15) is 10.6 Å². The van der Waals surface area contributed by atoms with Gasteiger partial charge in [0.05, 0.1) is 7.11 Å². The van der Waals surface area contributed by atoms with Gasteiger partial charge >= 0.3 is 5.97 Å². The summed E-state index contributed by atoms with van der Waals surface area (Å²) in [6, 6.07) is 0.660. The first-order valence-electron chi connectivity index (χ1n) is 5.11. The Morgan fingerprint density at radius 2 is 2.16 bits per heavy atom. The fraction of sp³-hybridized carbons (Fsp3) is 0.200. The molecule has 0 spiro atoms. The molecule has 0 radical (unpaired) electrons. The van der Waals surface area contributed by atoms with E-state index in [9.17, 15) is 13.6 Å². The molecule has 2 aromatic heterocycles. The van der Waals surface area contributed by atoms with Crippen molar-refractivity contribution in [3.8, 4) is 5.82 Å². The molecule has 0 unspecified atom stereocenters. The van der Waals surface area contributed by atoms with E-state index in [-0.39, 0.29) is 17.5 Å². The summed E-state index contributed by atoms with van der Waals surface area (Å²) in [5, 5.41) is 6.16. The van der Waals surface area contributed by atoms with Crippen LogP contribution in [0, 0.1) is 11.6 Å². The average molecular weight is 269 g/mol. The summed E-state index contributed by atoms with van der Waals surface area (Å²) in [5.74, 6) is -3.22. The number of carbonyl (C=O) groups excluding carboxylic acids is 1. The molecule has 0 bridgehead atoms. The lowest BCUT2D eigenvalue weighted by Crippen LogP contribution is -2.09. The van der Waals surface area contributed by atoms with Crippen molar-refractivity contribution in [2.45, 2.75) is 0 Å². The van der Waals surface area contributed by atoms with Gasteiger partial charge in [-0.05, 0) is 0 Å². The van der Waals surface area contributed by atoms with Gasteiger partial charge in [0.1, 0.15) is 6.33 Å². The van der Waals surface area contributed by atoms with E-state index in [1.54, 1.807) is 0 Å². The number of ether oxygens (including phenoxy) is 1. The predicted molar refractivity (Wildman–Crippen MR) is 60.0 cm³/mol. The molecule has 0 fully saturated rings. The molecule has 0 saturated carbocycles. The van der Waals surface area contributed by atoms with E-state index in [4.69, 9.17) is 0 Å². The van der Waals surface area contributed by atoms with Crippen LogP contribution >= 0.6 is 0 Å². The van der Waals surface area contributed by atoms with Crippen molar-refractivity contribution in [1.82, 2.24) is 19.7 Å². The molecule has 2 aromatic rings. The van der Waals surface area contributed by atoms with Gasteiger partial charge in [-0.3, -0.25) is 0 Å². The molecule has 2 heterocycles. The monoisotopic (exact) mass is 269 g/mol. The van der Waals surface area contributed by atoms with Crippen molar-refractivity contribution in [1.29, 1.82) is 0 Å². The number of pyridine rings is 1. The van der Waals surface area contributed by atoms with Crippen molar-refractivity contribution in [3.05, 3.63) is 29.9 Å². The summed E-state index contributed by atoms with van der Waals surface area (Å²) in [6.45, 7) is 0. The predicted octanol–water partition coefficient (Wildman–Crippen LogP) is 0.769. The molecule has 0 aliphatic carbocycles. The Morgan fingerprint density at radius 1 is 1.42 bits per heavy atom. The fourth-order valence-corrected chi connectivity index (χ4v) is 1.34. The molecule has 1 N–H and O–H groups in total. The van der Waals surface area contributed by atoms with Gasteiger partial charge in [0.2, 0.25) is 0 Å². The normalized spacial score (nSPS) is 10.3. The summed E-state index contributed by atoms with van der Waals surface area (Å²) < 4.78 is 32.2. The number of nitrogens with one attached hydrogen (secondary N) is 1. The smallest absolute Gasteiger partial charge is 0.377 e.